The molecule has 2 bridgehead atoms. The number of esters is 1. The van der Waals surface area contributed by atoms with Gasteiger partial charge in [-0.25, -0.2) is 0 Å². The number of aliphatic hydroxyl groups is 1. The van der Waals surface area contributed by atoms with Gasteiger partial charge >= 0.3 is 5.97 Å². The number of hydrogen-bond donors (Lipinski definition) is 1. The van der Waals surface area contributed by atoms with Gasteiger partial charge in [-0.1, -0.05) is 34.1 Å². The zero-order chi connectivity index (χ0) is 19.7. The molecule has 3 aliphatic rings. The molecule has 1 saturated carbocycles. The summed E-state index contributed by atoms with van der Waals surface area (Å²) in [6.45, 7) is 8.54. The first-order valence-electron chi connectivity index (χ1n) is 9.89. The number of fused-ring (bicyclic) bond motifs is 1. The molecular weight excluding hydrogens is 344 g/mol. The molecule has 0 amide bonds. The average Bonchev–Trinajstić information content (AvgIpc) is 2.89. The Kier molecular flexibility index (Phi) is 4.05. The van der Waals surface area contributed by atoms with E-state index in [1.54, 1.807) is 14.2 Å². The highest BCUT2D eigenvalue weighted by molar-refractivity contribution is 5.90. The summed E-state index contributed by atoms with van der Waals surface area (Å²) in [7, 11) is 3.24. The molecule has 4 rings (SSSR count). The van der Waals surface area contributed by atoms with Crippen LogP contribution in [0.25, 0.3) is 0 Å². The minimum absolute atomic E-state index is 0.0720. The molecule has 1 aromatic rings. The van der Waals surface area contributed by atoms with E-state index in [0.29, 0.717) is 11.5 Å². The molecule has 27 heavy (non-hydrogen) atoms. The molecule has 5 heteroatoms. The van der Waals surface area contributed by atoms with Crippen LogP contribution in [-0.2, 0) is 14.9 Å². The first-order chi connectivity index (χ1) is 12.7. The number of hydrogen-bond acceptors (Lipinski definition) is 5. The lowest BCUT2D eigenvalue weighted by Crippen LogP contribution is -2.54. The van der Waals surface area contributed by atoms with Crippen LogP contribution in [-0.4, -0.2) is 31.4 Å². The molecule has 0 radical (unpaired) electrons. The molecule has 148 valence electrons. The molecule has 0 aromatic heterocycles. The molecule has 0 unspecified atom stereocenters. The predicted molar refractivity (Wildman–Crippen MR) is 101 cm³/mol. The summed E-state index contributed by atoms with van der Waals surface area (Å²) in [5, 5.41) is 11.2. The maximum atomic E-state index is 13.3. The van der Waals surface area contributed by atoms with Gasteiger partial charge in [0.15, 0.2) is 11.5 Å². The number of rotatable bonds is 3. The van der Waals surface area contributed by atoms with Crippen molar-refractivity contribution in [2.24, 2.45) is 11.3 Å². The van der Waals surface area contributed by atoms with Crippen molar-refractivity contribution < 1.29 is 24.1 Å². The summed E-state index contributed by atoms with van der Waals surface area (Å²) < 4.78 is 17.4. The van der Waals surface area contributed by atoms with Crippen LogP contribution in [0.15, 0.2) is 6.07 Å². The summed E-state index contributed by atoms with van der Waals surface area (Å²) in [6.07, 6.45) is 1.32. The minimum Gasteiger partial charge on any atom is -0.493 e. The number of methoxy groups -OCH3 is 2. The van der Waals surface area contributed by atoms with Gasteiger partial charge in [-0.15, -0.1) is 0 Å². The monoisotopic (exact) mass is 374 g/mol. The Bertz CT molecular complexity index is 796. The maximum absolute atomic E-state index is 13.3. The van der Waals surface area contributed by atoms with Crippen molar-refractivity contribution in [2.45, 2.75) is 70.5 Å². The number of aliphatic hydroxyl groups excluding tert-OH is 1. The SMILES string of the molecule is COc1c(C(C)C)cc2c(c1OC)[C@@]13CCCC(C)(C)[C@@H]1[C@H](OC3=O)[C@H]2O. The zero-order valence-electron chi connectivity index (χ0n) is 17.1. The number of benzene rings is 1. The van der Waals surface area contributed by atoms with Crippen LogP contribution >= 0.6 is 0 Å². The summed E-state index contributed by atoms with van der Waals surface area (Å²) in [4.78, 5) is 13.3. The van der Waals surface area contributed by atoms with Gasteiger partial charge in [0.05, 0.1) is 14.2 Å². The van der Waals surface area contributed by atoms with Gasteiger partial charge in [0.25, 0.3) is 0 Å². The average molecular weight is 374 g/mol. The van der Waals surface area contributed by atoms with Crippen LogP contribution in [0.5, 0.6) is 11.5 Å². The third-order valence-electron chi connectivity index (χ3n) is 7.10. The van der Waals surface area contributed by atoms with E-state index in [4.69, 9.17) is 14.2 Å². The minimum atomic E-state index is -0.848. The highest BCUT2D eigenvalue weighted by Crippen LogP contribution is 2.66. The number of carbonyl (C=O) groups excluding carboxylic acids is 1. The van der Waals surface area contributed by atoms with Gasteiger partial charge in [0.1, 0.15) is 17.6 Å². The van der Waals surface area contributed by atoms with Crippen LogP contribution in [0, 0.1) is 11.3 Å². The van der Waals surface area contributed by atoms with Gasteiger partial charge in [-0.05, 0) is 35.8 Å². The van der Waals surface area contributed by atoms with Crippen LogP contribution in [0.4, 0.5) is 0 Å². The molecule has 2 aliphatic carbocycles. The summed E-state index contributed by atoms with van der Waals surface area (Å²) >= 11 is 0. The Labute approximate surface area is 161 Å². The second-order valence-corrected chi connectivity index (χ2v) is 9.26. The molecule has 1 N–H and O–H groups in total. The number of ether oxygens (including phenoxy) is 3. The fourth-order valence-electron chi connectivity index (χ4n) is 6.07. The van der Waals surface area contributed by atoms with Gasteiger partial charge in [-0.2, -0.15) is 0 Å². The Morgan fingerprint density at radius 1 is 1.19 bits per heavy atom. The van der Waals surface area contributed by atoms with E-state index in [0.717, 1.165) is 36.0 Å². The van der Waals surface area contributed by atoms with Gasteiger partial charge in [0.2, 0.25) is 0 Å². The lowest BCUT2D eigenvalue weighted by molar-refractivity contribution is -0.148. The Morgan fingerprint density at radius 3 is 2.44 bits per heavy atom. The second-order valence-electron chi connectivity index (χ2n) is 9.26. The largest absolute Gasteiger partial charge is 0.493 e. The van der Waals surface area contributed by atoms with Gasteiger partial charge in [-0.3, -0.25) is 4.79 Å². The van der Waals surface area contributed by atoms with Crippen molar-refractivity contribution in [3.8, 4) is 11.5 Å². The highest BCUT2D eigenvalue weighted by atomic mass is 16.6. The summed E-state index contributed by atoms with van der Waals surface area (Å²) in [5.41, 5.74) is 1.65. The van der Waals surface area contributed by atoms with Crippen molar-refractivity contribution in [3.05, 3.63) is 22.8 Å². The number of carbonyl (C=O) groups is 1. The van der Waals surface area contributed by atoms with Crippen molar-refractivity contribution >= 4 is 5.97 Å². The fourth-order valence-corrected chi connectivity index (χ4v) is 6.07. The second kappa shape index (κ2) is 5.87. The third kappa shape index (κ3) is 2.18. The fraction of sp³-hybridized carbons (Fsp3) is 0.682. The summed E-state index contributed by atoms with van der Waals surface area (Å²) in [6, 6.07) is 2.00. The Hall–Kier alpha value is -1.75. The van der Waals surface area contributed by atoms with Crippen molar-refractivity contribution in [1.29, 1.82) is 0 Å². The van der Waals surface area contributed by atoms with E-state index >= 15 is 0 Å². The van der Waals surface area contributed by atoms with E-state index in [1.807, 2.05) is 6.07 Å². The Balaban J connectivity index is 2.10. The lowest BCUT2D eigenvalue weighted by atomic mass is 9.49. The van der Waals surface area contributed by atoms with E-state index in [9.17, 15) is 9.90 Å². The molecule has 5 nitrogen and oxygen atoms in total. The van der Waals surface area contributed by atoms with Crippen LogP contribution in [0.3, 0.4) is 0 Å². The van der Waals surface area contributed by atoms with Crippen molar-refractivity contribution in [1.82, 2.24) is 0 Å². The van der Waals surface area contributed by atoms with E-state index in [1.165, 1.54) is 0 Å². The molecule has 1 saturated heterocycles. The maximum Gasteiger partial charge on any atom is 0.317 e. The summed E-state index contributed by atoms with van der Waals surface area (Å²) in [5.74, 6) is 1.14. The van der Waals surface area contributed by atoms with E-state index in [2.05, 4.69) is 27.7 Å². The quantitative estimate of drug-likeness (QED) is 0.814. The Morgan fingerprint density at radius 2 is 1.85 bits per heavy atom. The van der Waals surface area contributed by atoms with Crippen LogP contribution in [0.1, 0.15) is 75.7 Å². The molecular formula is C22H30O5. The van der Waals surface area contributed by atoms with Crippen LogP contribution < -0.4 is 9.47 Å². The third-order valence-corrected chi connectivity index (χ3v) is 7.10. The molecule has 0 spiro atoms. The van der Waals surface area contributed by atoms with Gasteiger partial charge in [0, 0.05) is 17.0 Å². The zero-order valence-corrected chi connectivity index (χ0v) is 17.1. The lowest BCUT2D eigenvalue weighted by Gasteiger charge is -2.51. The highest BCUT2D eigenvalue weighted by Gasteiger charge is 2.70. The van der Waals surface area contributed by atoms with Crippen LogP contribution in [0.2, 0.25) is 0 Å². The van der Waals surface area contributed by atoms with Crippen molar-refractivity contribution in [3.63, 3.8) is 0 Å². The van der Waals surface area contributed by atoms with Crippen molar-refractivity contribution in [2.75, 3.05) is 14.2 Å². The van der Waals surface area contributed by atoms with E-state index < -0.39 is 17.6 Å². The smallest absolute Gasteiger partial charge is 0.317 e. The standard InChI is InChI=1S/C22H30O5/c1-11(2)12-10-13-14(17(26-6)16(12)25-5)22-9-7-8-21(3,4)19(22)18(15(13)23)27-20(22)24/h10-11,15,18-19,23H,7-9H2,1-6H3/t15-,18+,19-,22-/m0/s1. The predicted octanol–water partition coefficient (Wildman–Crippen LogP) is 3.86. The van der Waals surface area contributed by atoms with E-state index in [-0.39, 0.29) is 23.2 Å². The first-order valence-corrected chi connectivity index (χ1v) is 9.89. The topological polar surface area (TPSA) is 65.0 Å². The van der Waals surface area contributed by atoms with Gasteiger partial charge < -0.3 is 19.3 Å². The molecule has 4 atom stereocenters. The molecule has 1 aromatic carbocycles. The first kappa shape index (κ1) is 18.6. The molecule has 1 heterocycles. The normalized spacial score (nSPS) is 33.3. The molecule has 2 fully saturated rings. The molecule has 1 aliphatic heterocycles.